The maximum absolute atomic E-state index is 12.7. The number of hydrogen-bond acceptors (Lipinski definition) is 4. The number of rotatable bonds is 6. The molecular formula is C18H25N2O4-. The number of carboxylic acid groups (broad SMARTS) is 1. The summed E-state index contributed by atoms with van der Waals surface area (Å²) in [7, 11) is 0. The van der Waals surface area contributed by atoms with Crippen LogP contribution in [0.15, 0.2) is 10.9 Å². The summed E-state index contributed by atoms with van der Waals surface area (Å²) < 4.78 is 1.71. The fraction of sp³-hybridized carbons (Fsp3) is 0.611. The second-order valence-corrected chi connectivity index (χ2v) is 6.62. The van der Waals surface area contributed by atoms with Crippen molar-refractivity contribution in [2.45, 2.75) is 58.9 Å². The number of aromatic nitrogens is 1. The molecule has 2 rings (SSSR count). The fourth-order valence-corrected chi connectivity index (χ4v) is 3.28. The molecular weight excluding hydrogens is 308 g/mol. The second kappa shape index (κ2) is 8.13. The molecule has 1 saturated carbocycles. The molecule has 24 heavy (non-hydrogen) atoms. The Labute approximate surface area is 141 Å². The van der Waals surface area contributed by atoms with Crippen molar-refractivity contribution in [2.24, 2.45) is 5.92 Å². The van der Waals surface area contributed by atoms with Gasteiger partial charge in [-0.2, -0.15) is 0 Å². The number of carboxylic acids is 1. The van der Waals surface area contributed by atoms with Gasteiger partial charge in [0, 0.05) is 31.2 Å². The number of pyridine rings is 1. The summed E-state index contributed by atoms with van der Waals surface area (Å²) in [5, 5.41) is 12.9. The number of nitrogens with zero attached hydrogens (tertiary/aromatic N) is 1. The van der Waals surface area contributed by atoms with E-state index in [4.69, 9.17) is 0 Å². The number of nitrogens with one attached hydrogen (secondary N) is 1. The molecule has 1 aliphatic carbocycles. The van der Waals surface area contributed by atoms with Gasteiger partial charge in [0.1, 0.15) is 5.56 Å². The van der Waals surface area contributed by atoms with Crippen LogP contribution >= 0.6 is 0 Å². The molecule has 132 valence electrons. The van der Waals surface area contributed by atoms with E-state index in [1.54, 1.807) is 10.6 Å². The van der Waals surface area contributed by atoms with Gasteiger partial charge in [-0.05, 0) is 44.2 Å². The van der Waals surface area contributed by atoms with Crippen molar-refractivity contribution in [1.29, 1.82) is 0 Å². The molecule has 0 radical (unpaired) electrons. The van der Waals surface area contributed by atoms with Crippen molar-refractivity contribution >= 4 is 11.9 Å². The molecule has 1 aromatic heterocycles. The first-order valence-electron chi connectivity index (χ1n) is 8.59. The van der Waals surface area contributed by atoms with E-state index in [1.807, 2.05) is 13.8 Å². The number of amides is 1. The number of carbonyl (C=O) groups excluding carboxylic acids is 2. The molecule has 6 nitrogen and oxygen atoms in total. The zero-order valence-electron chi connectivity index (χ0n) is 14.4. The van der Waals surface area contributed by atoms with E-state index in [-0.39, 0.29) is 24.1 Å². The van der Waals surface area contributed by atoms with Gasteiger partial charge in [0.2, 0.25) is 0 Å². The van der Waals surface area contributed by atoms with Crippen LogP contribution in [0.5, 0.6) is 0 Å². The van der Waals surface area contributed by atoms with E-state index in [2.05, 4.69) is 5.32 Å². The average Bonchev–Trinajstić information content (AvgIpc) is 2.55. The minimum atomic E-state index is -1.23. The van der Waals surface area contributed by atoms with Crippen molar-refractivity contribution in [3.63, 3.8) is 0 Å². The van der Waals surface area contributed by atoms with Gasteiger partial charge in [-0.1, -0.05) is 19.3 Å². The highest BCUT2D eigenvalue weighted by molar-refractivity contribution is 5.94. The molecule has 1 N–H and O–H groups in total. The van der Waals surface area contributed by atoms with Crippen LogP contribution in [0.2, 0.25) is 0 Å². The Morgan fingerprint density at radius 2 is 1.92 bits per heavy atom. The lowest BCUT2D eigenvalue weighted by Gasteiger charge is -2.24. The largest absolute Gasteiger partial charge is 0.550 e. The van der Waals surface area contributed by atoms with Crippen molar-refractivity contribution in [3.8, 4) is 0 Å². The van der Waals surface area contributed by atoms with Crippen molar-refractivity contribution < 1.29 is 14.7 Å². The summed E-state index contributed by atoms with van der Waals surface area (Å²) in [6, 6.07) is 1.59. The first-order valence-corrected chi connectivity index (χ1v) is 8.59. The standard InChI is InChI=1S/C18H26N2O4/c1-12-10-15(17(23)19-9-8-16(21)22)18(24)20(13(12)2)11-14-6-4-3-5-7-14/h10,14H,3-9,11H2,1-2H3,(H,19,23)(H,21,22)/p-1. The van der Waals surface area contributed by atoms with E-state index in [0.29, 0.717) is 12.5 Å². The molecule has 6 heteroatoms. The SMILES string of the molecule is Cc1cc(C(=O)NCCC(=O)[O-])c(=O)n(CC2CCCCC2)c1C. The minimum absolute atomic E-state index is 0.0455. The minimum Gasteiger partial charge on any atom is -0.550 e. The second-order valence-electron chi connectivity index (χ2n) is 6.62. The molecule has 0 unspecified atom stereocenters. The highest BCUT2D eigenvalue weighted by Crippen LogP contribution is 2.25. The predicted molar refractivity (Wildman–Crippen MR) is 88.7 cm³/mol. The monoisotopic (exact) mass is 333 g/mol. The summed E-state index contributed by atoms with van der Waals surface area (Å²) in [6.07, 6.45) is 5.61. The highest BCUT2D eigenvalue weighted by atomic mass is 16.4. The first-order chi connectivity index (χ1) is 11.4. The first kappa shape index (κ1) is 18.2. The van der Waals surface area contributed by atoms with Crippen LogP contribution in [0.1, 0.15) is 60.1 Å². The number of hydrogen-bond donors (Lipinski definition) is 1. The third-order valence-electron chi connectivity index (χ3n) is 4.84. The van der Waals surface area contributed by atoms with Crippen molar-refractivity contribution in [1.82, 2.24) is 9.88 Å². The molecule has 0 aromatic carbocycles. The summed E-state index contributed by atoms with van der Waals surface area (Å²) in [6.45, 7) is 4.38. The van der Waals surface area contributed by atoms with Gasteiger partial charge < -0.3 is 19.8 Å². The van der Waals surface area contributed by atoms with Gasteiger partial charge >= 0.3 is 0 Å². The molecule has 0 bridgehead atoms. The molecule has 0 spiro atoms. The van der Waals surface area contributed by atoms with Gasteiger partial charge in [-0.25, -0.2) is 0 Å². The maximum Gasteiger partial charge on any atom is 0.263 e. The number of carbonyl (C=O) groups is 2. The zero-order chi connectivity index (χ0) is 17.7. The van der Waals surface area contributed by atoms with Crippen LogP contribution in [0, 0.1) is 19.8 Å². The van der Waals surface area contributed by atoms with Gasteiger partial charge in [0.25, 0.3) is 11.5 Å². The third kappa shape index (κ3) is 4.46. The van der Waals surface area contributed by atoms with E-state index in [9.17, 15) is 19.5 Å². The van der Waals surface area contributed by atoms with Gasteiger partial charge in [-0.15, -0.1) is 0 Å². The highest BCUT2D eigenvalue weighted by Gasteiger charge is 2.19. The Kier molecular flexibility index (Phi) is 6.17. The fourth-order valence-electron chi connectivity index (χ4n) is 3.28. The van der Waals surface area contributed by atoms with Gasteiger partial charge in [0.05, 0.1) is 0 Å². The molecule has 1 amide bonds. The Bertz CT molecular complexity index is 672. The normalized spacial score (nSPS) is 15.2. The molecule has 1 heterocycles. The molecule has 1 aromatic rings. The quantitative estimate of drug-likeness (QED) is 0.838. The van der Waals surface area contributed by atoms with Crippen molar-refractivity contribution in [3.05, 3.63) is 33.2 Å². The van der Waals surface area contributed by atoms with E-state index in [1.165, 1.54) is 19.3 Å². The van der Waals surface area contributed by atoms with Crippen LogP contribution in [0.4, 0.5) is 0 Å². The Morgan fingerprint density at radius 1 is 1.25 bits per heavy atom. The van der Waals surface area contributed by atoms with Gasteiger partial charge in [0.15, 0.2) is 0 Å². The Morgan fingerprint density at radius 3 is 2.54 bits per heavy atom. The molecule has 0 saturated heterocycles. The summed E-state index contributed by atoms with van der Waals surface area (Å²) in [4.78, 5) is 35.4. The molecule has 0 aliphatic heterocycles. The smallest absolute Gasteiger partial charge is 0.263 e. The Balaban J connectivity index is 2.21. The lowest BCUT2D eigenvalue weighted by Crippen LogP contribution is -2.37. The summed E-state index contributed by atoms with van der Waals surface area (Å²) >= 11 is 0. The number of aliphatic carboxylic acids is 1. The average molecular weight is 333 g/mol. The van der Waals surface area contributed by atoms with Gasteiger partial charge in [-0.3, -0.25) is 9.59 Å². The van der Waals surface area contributed by atoms with E-state index < -0.39 is 11.9 Å². The third-order valence-corrected chi connectivity index (χ3v) is 4.84. The topological polar surface area (TPSA) is 91.2 Å². The lowest BCUT2D eigenvalue weighted by molar-refractivity contribution is -0.305. The number of aryl methyl sites for hydroxylation is 1. The Hall–Kier alpha value is -2.11. The van der Waals surface area contributed by atoms with Crippen LogP contribution in [-0.2, 0) is 11.3 Å². The maximum atomic E-state index is 12.7. The molecule has 1 aliphatic rings. The van der Waals surface area contributed by atoms with Crippen LogP contribution in [0.25, 0.3) is 0 Å². The van der Waals surface area contributed by atoms with Crippen LogP contribution in [0.3, 0.4) is 0 Å². The summed E-state index contributed by atoms with van der Waals surface area (Å²) in [5.41, 5.74) is 1.55. The van der Waals surface area contributed by atoms with E-state index in [0.717, 1.165) is 24.1 Å². The van der Waals surface area contributed by atoms with Crippen LogP contribution in [-0.4, -0.2) is 23.0 Å². The van der Waals surface area contributed by atoms with E-state index >= 15 is 0 Å². The lowest BCUT2D eigenvalue weighted by atomic mass is 9.89. The summed E-state index contributed by atoms with van der Waals surface area (Å²) in [5.74, 6) is -1.28. The van der Waals surface area contributed by atoms with Crippen LogP contribution < -0.4 is 16.0 Å². The zero-order valence-corrected chi connectivity index (χ0v) is 14.4. The predicted octanol–water partition coefficient (Wildman–Crippen LogP) is 0.915. The molecule has 0 atom stereocenters. The molecule has 1 fully saturated rings. The van der Waals surface area contributed by atoms with Crippen molar-refractivity contribution in [2.75, 3.05) is 6.54 Å².